The van der Waals surface area contributed by atoms with Gasteiger partial charge in [-0.3, -0.25) is 0 Å². The van der Waals surface area contributed by atoms with Gasteiger partial charge in [0.15, 0.2) is 0 Å². The fourth-order valence-corrected chi connectivity index (χ4v) is 2.38. The molecule has 17 heavy (non-hydrogen) atoms. The van der Waals surface area contributed by atoms with E-state index in [0.29, 0.717) is 0 Å². The van der Waals surface area contributed by atoms with E-state index in [1.165, 1.54) is 24.0 Å². The third-order valence-electron chi connectivity index (χ3n) is 3.27. The van der Waals surface area contributed by atoms with E-state index in [2.05, 4.69) is 29.8 Å². The highest BCUT2D eigenvalue weighted by Crippen LogP contribution is 2.32. The van der Waals surface area contributed by atoms with Gasteiger partial charge < -0.3 is 10.6 Å². The number of nitrogens with zero attached hydrogens (tertiary/aromatic N) is 2. The molecule has 0 bridgehead atoms. The largest absolute Gasteiger partial charge is 0.354 e. The van der Waals surface area contributed by atoms with Crippen molar-refractivity contribution in [2.24, 2.45) is 5.73 Å². The van der Waals surface area contributed by atoms with E-state index in [1.807, 2.05) is 13.1 Å². The molecule has 1 fully saturated rings. The van der Waals surface area contributed by atoms with Crippen molar-refractivity contribution in [2.45, 2.75) is 52.1 Å². The first-order valence-electron chi connectivity index (χ1n) is 6.59. The topological polar surface area (TPSA) is 42.2 Å². The normalized spacial score (nSPS) is 16.9. The van der Waals surface area contributed by atoms with E-state index in [1.54, 1.807) is 0 Å². The minimum absolute atomic E-state index is 0.202. The molecule has 2 rings (SSSR count). The van der Waals surface area contributed by atoms with Crippen LogP contribution in [0.15, 0.2) is 12.3 Å². The molecule has 1 aromatic heterocycles. The molecule has 2 N–H and O–H groups in total. The van der Waals surface area contributed by atoms with Crippen molar-refractivity contribution >= 4 is 5.82 Å². The Bertz CT molecular complexity index is 383. The first kappa shape index (κ1) is 12.4. The van der Waals surface area contributed by atoms with Gasteiger partial charge in [-0.15, -0.1) is 0 Å². The van der Waals surface area contributed by atoms with Gasteiger partial charge in [0.1, 0.15) is 5.82 Å². The van der Waals surface area contributed by atoms with Gasteiger partial charge in [0.2, 0.25) is 0 Å². The molecule has 1 aromatic rings. The molecule has 3 heteroatoms. The summed E-state index contributed by atoms with van der Waals surface area (Å²) in [5, 5.41) is 0. The van der Waals surface area contributed by atoms with Crippen molar-refractivity contribution < 1.29 is 0 Å². The summed E-state index contributed by atoms with van der Waals surface area (Å²) in [6, 6.07) is 3.16. The quantitative estimate of drug-likeness (QED) is 0.848. The van der Waals surface area contributed by atoms with E-state index >= 15 is 0 Å². The SMILES string of the molecule is CCN(c1ncc(CC(C)N)cc1C)C1CC1. The van der Waals surface area contributed by atoms with Crippen LogP contribution in [0.3, 0.4) is 0 Å². The number of hydrogen-bond acceptors (Lipinski definition) is 3. The Balaban J connectivity index is 2.18. The Morgan fingerprint density at radius 3 is 2.71 bits per heavy atom. The lowest BCUT2D eigenvalue weighted by atomic mass is 10.1. The molecule has 0 radical (unpaired) electrons. The van der Waals surface area contributed by atoms with Gasteiger partial charge in [0.25, 0.3) is 0 Å². The Labute approximate surface area is 104 Å². The first-order valence-corrected chi connectivity index (χ1v) is 6.59. The Hall–Kier alpha value is -1.09. The number of rotatable bonds is 5. The predicted octanol–water partition coefficient (Wildman–Crippen LogP) is 2.27. The summed E-state index contributed by atoms with van der Waals surface area (Å²) >= 11 is 0. The number of nitrogens with two attached hydrogens (primary N) is 1. The van der Waals surface area contributed by atoms with Crippen LogP contribution in [0.1, 0.15) is 37.8 Å². The Morgan fingerprint density at radius 2 is 2.24 bits per heavy atom. The van der Waals surface area contributed by atoms with Crippen LogP contribution in [0, 0.1) is 6.92 Å². The van der Waals surface area contributed by atoms with Crippen molar-refractivity contribution in [3.63, 3.8) is 0 Å². The second-order valence-corrected chi connectivity index (χ2v) is 5.18. The van der Waals surface area contributed by atoms with Crippen LogP contribution >= 0.6 is 0 Å². The number of aryl methyl sites for hydroxylation is 1. The molecule has 3 nitrogen and oxygen atoms in total. The molecule has 94 valence electrons. The monoisotopic (exact) mass is 233 g/mol. The van der Waals surface area contributed by atoms with E-state index in [0.717, 1.165) is 24.8 Å². The predicted molar refractivity (Wildman–Crippen MR) is 72.4 cm³/mol. The maximum Gasteiger partial charge on any atom is 0.131 e. The smallest absolute Gasteiger partial charge is 0.131 e. The Morgan fingerprint density at radius 1 is 1.53 bits per heavy atom. The molecular formula is C14H23N3. The van der Waals surface area contributed by atoms with Crippen molar-refractivity contribution in [1.82, 2.24) is 4.98 Å². The summed E-state index contributed by atoms with van der Waals surface area (Å²) in [4.78, 5) is 7.06. The highest BCUT2D eigenvalue weighted by molar-refractivity contribution is 5.49. The van der Waals surface area contributed by atoms with E-state index < -0.39 is 0 Å². The van der Waals surface area contributed by atoms with E-state index in [-0.39, 0.29) is 6.04 Å². The first-order chi connectivity index (χ1) is 8.11. The lowest BCUT2D eigenvalue weighted by molar-refractivity contribution is 0.732. The minimum atomic E-state index is 0.202. The lowest BCUT2D eigenvalue weighted by Gasteiger charge is -2.23. The molecule has 1 unspecified atom stereocenters. The second-order valence-electron chi connectivity index (χ2n) is 5.18. The molecule has 1 aliphatic carbocycles. The maximum absolute atomic E-state index is 5.82. The summed E-state index contributed by atoms with van der Waals surface area (Å²) in [7, 11) is 0. The standard InChI is InChI=1S/C14H23N3/c1-4-17(13-5-6-13)14-10(2)7-12(9-16-14)8-11(3)15/h7,9,11,13H,4-6,8,15H2,1-3H3. The molecular weight excluding hydrogens is 210 g/mol. The summed E-state index contributed by atoms with van der Waals surface area (Å²) < 4.78 is 0. The highest BCUT2D eigenvalue weighted by atomic mass is 15.2. The van der Waals surface area contributed by atoms with Gasteiger partial charge in [0, 0.05) is 24.8 Å². The molecule has 1 aliphatic rings. The summed E-state index contributed by atoms with van der Waals surface area (Å²) in [5.74, 6) is 1.16. The van der Waals surface area contributed by atoms with Gasteiger partial charge in [-0.25, -0.2) is 4.98 Å². The maximum atomic E-state index is 5.82. The van der Waals surface area contributed by atoms with Gasteiger partial charge >= 0.3 is 0 Å². The van der Waals surface area contributed by atoms with Gasteiger partial charge in [-0.2, -0.15) is 0 Å². The van der Waals surface area contributed by atoms with Crippen molar-refractivity contribution in [2.75, 3.05) is 11.4 Å². The van der Waals surface area contributed by atoms with E-state index in [4.69, 9.17) is 5.73 Å². The van der Waals surface area contributed by atoms with Crippen LogP contribution in [0.4, 0.5) is 5.82 Å². The highest BCUT2D eigenvalue weighted by Gasteiger charge is 2.29. The van der Waals surface area contributed by atoms with Gasteiger partial charge in [-0.05, 0) is 51.2 Å². The molecule has 0 spiro atoms. The lowest BCUT2D eigenvalue weighted by Crippen LogP contribution is -2.27. The summed E-state index contributed by atoms with van der Waals surface area (Å²) in [5.41, 5.74) is 8.34. The Kier molecular flexibility index (Phi) is 3.67. The van der Waals surface area contributed by atoms with Crippen molar-refractivity contribution in [1.29, 1.82) is 0 Å². The molecule has 1 heterocycles. The van der Waals surface area contributed by atoms with Crippen LogP contribution in [0.5, 0.6) is 0 Å². The molecule has 1 saturated carbocycles. The number of anilines is 1. The van der Waals surface area contributed by atoms with Crippen LogP contribution < -0.4 is 10.6 Å². The molecule has 0 aliphatic heterocycles. The van der Waals surface area contributed by atoms with Crippen molar-refractivity contribution in [3.8, 4) is 0 Å². The summed E-state index contributed by atoms with van der Waals surface area (Å²) in [6.07, 6.45) is 5.52. The molecule has 0 amide bonds. The van der Waals surface area contributed by atoms with Gasteiger partial charge in [-0.1, -0.05) is 6.07 Å². The van der Waals surface area contributed by atoms with Crippen LogP contribution in [0.25, 0.3) is 0 Å². The third-order valence-corrected chi connectivity index (χ3v) is 3.27. The zero-order valence-corrected chi connectivity index (χ0v) is 11.1. The van der Waals surface area contributed by atoms with Crippen LogP contribution in [0.2, 0.25) is 0 Å². The number of hydrogen-bond donors (Lipinski definition) is 1. The third kappa shape index (κ3) is 2.97. The fourth-order valence-electron chi connectivity index (χ4n) is 2.38. The van der Waals surface area contributed by atoms with E-state index in [9.17, 15) is 0 Å². The zero-order valence-electron chi connectivity index (χ0n) is 11.1. The number of pyridine rings is 1. The minimum Gasteiger partial charge on any atom is -0.354 e. The number of aromatic nitrogens is 1. The molecule has 0 saturated heterocycles. The second kappa shape index (κ2) is 5.05. The average Bonchev–Trinajstić information content (AvgIpc) is 3.05. The fraction of sp³-hybridized carbons (Fsp3) is 0.643. The molecule has 0 aromatic carbocycles. The molecule has 1 atom stereocenters. The average molecular weight is 233 g/mol. The van der Waals surface area contributed by atoms with Crippen LogP contribution in [-0.2, 0) is 6.42 Å². The van der Waals surface area contributed by atoms with Crippen LogP contribution in [-0.4, -0.2) is 23.6 Å². The van der Waals surface area contributed by atoms with Crippen molar-refractivity contribution in [3.05, 3.63) is 23.4 Å². The summed E-state index contributed by atoms with van der Waals surface area (Å²) in [6.45, 7) is 7.43. The van der Waals surface area contributed by atoms with Gasteiger partial charge in [0.05, 0.1) is 0 Å². The zero-order chi connectivity index (χ0) is 12.4.